The van der Waals surface area contributed by atoms with Gasteiger partial charge in [-0.3, -0.25) is 4.79 Å². The van der Waals surface area contributed by atoms with E-state index in [4.69, 9.17) is 15.2 Å². The Balaban J connectivity index is 1.99. The minimum atomic E-state index is -0.320. The molecule has 0 spiro atoms. The van der Waals surface area contributed by atoms with Crippen LogP contribution in [0, 0.1) is 0 Å². The topological polar surface area (TPSA) is 85.9 Å². The Morgan fingerprint density at radius 2 is 1.96 bits per heavy atom. The summed E-state index contributed by atoms with van der Waals surface area (Å²) >= 11 is 0. The van der Waals surface area contributed by atoms with E-state index in [0.29, 0.717) is 36.0 Å². The average molecular weight is 369 g/mol. The molecule has 0 radical (unpaired) electrons. The molecule has 0 bridgehead atoms. The zero-order chi connectivity index (χ0) is 19.5. The summed E-state index contributed by atoms with van der Waals surface area (Å²) in [5.74, 6) is 1.06. The van der Waals surface area contributed by atoms with Gasteiger partial charge in [0.15, 0.2) is 11.5 Å². The van der Waals surface area contributed by atoms with E-state index in [-0.39, 0.29) is 5.91 Å². The van der Waals surface area contributed by atoms with Gasteiger partial charge in [0, 0.05) is 11.3 Å². The van der Waals surface area contributed by atoms with E-state index in [9.17, 15) is 4.79 Å². The van der Waals surface area contributed by atoms with Crippen LogP contribution in [-0.2, 0) is 0 Å². The number of rotatable bonds is 10. The zero-order valence-electron chi connectivity index (χ0n) is 15.9. The van der Waals surface area contributed by atoms with Crippen LogP contribution in [0.2, 0.25) is 0 Å². The van der Waals surface area contributed by atoms with Crippen LogP contribution in [0.5, 0.6) is 11.5 Å². The molecular weight excluding hydrogens is 342 g/mol. The molecule has 0 saturated heterocycles. The summed E-state index contributed by atoms with van der Waals surface area (Å²) < 4.78 is 11.5. The van der Waals surface area contributed by atoms with Gasteiger partial charge in [-0.25, -0.2) is 5.43 Å². The third-order valence-electron chi connectivity index (χ3n) is 3.80. The maximum absolute atomic E-state index is 12.1. The Morgan fingerprint density at radius 1 is 1.11 bits per heavy atom. The molecule has 27 heavy (non-hydrogen) atoms. The Morgan fingerprint density at radius 3 is 2.70 bits per heavy atom. The first-order valence-electron chi connectivity index (χ1n) is 9.22. The minimum absolute atomic E-state index is 0.320. The number of nitrogen functional groups attached to an aromatic ring is 1. The lowest BCUT2D eigenvalue weighted by Gasteiger charge is -2.12. The molecule has 144 valence electrons. The molecule has 0 unspecified atom stereocenters. The Bertz CT molecular complexity index is 775. The van der Waals surface area contributed by atoms with Crippen molar-refractivity contribution < 1.29 is 14.3 Å². The first-order chi connectivity index (χ1) is 13.1. The van der Waals surface area contributed by atoms with E-state index in [2.05, 4.69) is 17.5 Å². The highest BCUT2D eigenvalue weighted by Gasteiger charge is 2.07. The van der Waals surface area contributed by atoms with E-state index in [1.54, 1.807) is 30.5 Å². The van der Waals surface area contributed by atoms with E-state index in [1.165, 1.54) is 0 Å². The SMILES string of the molecule is CCCCCOc1ccc(/C=N\NC(=O)c2cccc(N)c2)cc1OCC. The molecule has 2 aromatic carbocycles. The first kappa shape index (κ1) is 20.3. The van der Waals surface area contributed by atoms with Crippen LogP contribution in [0.4, 0.5) is 5.69 Å². The molecule has 2 aromatic rings. The third-order valence-corrected chi connectivity index (χ3v) is 3.80. The maximum atomic E-state index is 12.1. The summed E-state index contributed by atoms with van der Waals surface area (Å²) in [6, 6.07) is 12.3. The highest BCUT2D eigenvalue weighted by molar-refractivity contribution is 5.95. The lowest BCUT2D eigenvalue weighted by atomic mass is 10.2. The van der Waals surface area contributed by atoms with Crippen LogP contribution in [-0.4, -0.2) is 25.3 Å². The predicted octanol–water partition coefficient (Wildman–Crippen LogP) is 4.00. The predicted molar refractivity (Wildman–Crippen MR) is 109 cm³/mol. The van der Waals surface area contributed by atoms with Crippen molar-refractivity contribution in [3.8, 4) is 11.5 Å². The molecule has 0 saturated carbocycles. The lowest BCUT2D eigenvalue weighted by Crippen LogP contribution is -2.17. The second-order valence-corrected chi connectivity index (χ2v) is 6.02. The number of anilines is 1. The number of unbranched alkanes of at least 4 members (excludes halogenated alkanes) is 2. The monoisotopic (exact) mass is 369 g/mol. The van der Waals surface area contributed by atoms with Gasteiger partial charge in [0.1, 0.15) is 0 Å². The fourth-order valence-corrected chi connectivity index (χ4v) is 2.44. The lowest BCUT2D eigenvalue weighted by molar-refractivity contribution is 0.0955. The summed E-state index contributed by atoms with van der Waals surface area (Å²) in [4.78, 5) is 12.1. The fraction of sp³-hybridized carbons (Fsp3) is 0.333. The molecule has 0 atom stereocenters. The molecular formula is C21H27N3O3. The summed E-state index contributed by atoms with van der Waals surface area (Å²) in [7, 11) is 0. The van der Waals surface area contributed by atoms with Crippen molar-refractivity contribution in [2.75, 3.05) is 18.9 Å². The van der Waals surface area contributed by atoms with Crippen LogP contribution >= 0.6 is 0 Å². The smallest absolute Gasteiger partial charge is 0.271 e. The van der Waals surface area contributed by atoms with Gasteiger partial charge < -0.3 is 15.2 Å². The van der Waals surface area contributed by atoms with Gasteiger partial charge in [-0.15, -0.1) is 0 Å². The van der Waals surface area contributed by atoms with Crippen molar-refractivity contribution in [2.24, 2.45) is 5.10 Å². The number of ether oxygens (including phenoxy) is 2. The van der Waals surface area contributed by atoms with Crippen molar-refractivity contribution >= 4 is 17.8 Å². The Labute approximate surface area is 160 Å². The maximum Gasteiger partial charge on any atom is 0.271 e. The molecule has 1 amide bonds. The number of carbonyl (C=O) groups is 1. The molecule has 0 aliphatic rings. The number of nitrogens with zero attached hydrogens (tertiary/aromatic N) is 1. The normalized spacial score (nSPS) is 10.7. The van der Waals surface area contributed by atoms with E-state index < -0.39 is 0 Å². The summed E-state index contributed by atoms with van der Waals surface area (Å²) in [5.41, 5.74) is 9.96. The second-order valence-electron chi connectivity index (χ2n) is 6.02. The molecule has 2 rings (SSSR count). The number of hydrogen-bond donors (Lipinski definition) is 2. The van der Waals surface area contributed by atoms with Gasteiger partial charge in [-0.2, -0.15) is 5.10 Å². The van der Waals surface area contributed by atoms with Crippen LogP contribution in [0.25, 0.3) is 0 Å². The Hall–Kier alpha value is -3.02. The molecule has 0 aromatic heterocycles. The number of benzene rings is 2. The zero-order valence-corrected chi connectivity index (χ0v) is 15.9. The van der Waals surface area contributed by atoms with Crippen molar-refractivity contribution in [1.29, 1.82) is 0 Å². The van der Waals surface area contributed by atoms with Crippen molar-refractivity contribution in [2.45, 2.75) is 33.1 Å². The minimum Gasteiger partial charge on any atom is -0.490 e. The molecule has 0 aliphatic heterocycles. The van der Waals surface area contributed by atoms with Crippen molar-refractivity contribution in [1.82, 2.24) is 5.43 Å². The van der Waals surface area contributed by atoms with Gasteiger partial charge in [0.2, 0.25) is 0 Å². The number of carbonyl (C=O) groups excluding carboxylic acids is 1. The van der Waals surface area contributed by atoms with Gasteiger partial charge in [-0.05, 0) is 55.3 Å². The third kappa shape index (κ3) is 6.66. The Kier molecular flexibility index (Phi) is 8.16. The van der Waals surface area contributed by atoms with E-state index >= 15 is 0 Å². The quantitative estimate of drug-likeness (QED) is 0.287. The molecule has 6 heteroatoms. The number of hydrazone groups is 1. The van der Waals surface area contributed by atoms with Crippen molar-refractivity contribution in [3.63, 3.8) is 0 Å². The average Bonchev–Trinajstić information content (AvgIpc) is 2.67. The highest BCUT2D eigenvalue weighted by atomic mass is 16.5. The molecule has 0 heterocycles. The van der Waals surface area contributed by atoms with E-state index in [0.717, 1.165) is 24.8 Å². The summed E-state index contributed by atoms with van der Waals surface area (Å²) in [6.07, 6.45) is 4.87. The van der Waals surface area contributed by atoms with Gasteiger partial charge in [-0.1, -0.05) is 25.8 Å². The van der Waals surface area contributed by atoms with Gasteiger partial charge in [0.25, 0.3) is 5.91 Å². The molecule has 6 nitrogen and oxygen atoms in total. The first-order valence-corrected chi connectivity index (χ1v) is 9.22. The van der Waals surface area contributed by atoms with Crippen LogP contribution < -0.4 is 20.6 Å². The van der Waals surface area contributed by atoms with E-state index in [1.807, 2.05) is 25.1 Å². The van der Waals surface area contributed by atoms with Crippen molar-refractivity contribution in [3.05, 3.63) is 53.6 Å². The summed E-state index contributed by atoms with van der Waals surface area (Å²) in [6.45, 7) is 5.29. The molecule has 0 aliphatic carbocycles. The summed E-state index contributed by atoms with van der Waals surface area (Å²) in [5, 5.41) is 4.00. The van der Waals surface area contributed by atoms with Crippen LogP contribution in [0.15, 0.2) is 47.6 Å². The highest BCUT2D eigenvalue weighted by Crippen LogP contribution is 2.28. The molecule has 3 N–H and O–H groups in total. The fourth-order valence-electron chi connectivity index (χ4n) is 2.44. The number of nitrogens with two attached hydrogens (primary N) is 1. The number of hydrogen-bond acceptors (Lipinski definition) is 5. The van der Waals surface area contributed by atoms with Crippen LogP contribution in [0.3, 0.4) is 0 Å². The van der Waals surface area contributed by atoms with Gasteiger partial charge >= 0.3 is 0 Å². The van der Waals surface area contributed by atoms with Gasteiger partial charge in [0.05, 0.1) is 19.4 Å². The second kappa shape index (κ2) is 10.9. The number of amides is 1. The standard InChI is InChI=1S/C21H27N3O3/c1-3-5-6-12-27-19-11-10-16(13-20(19)26-4-2)15-23-24-21(25)17-8-7-9-18(22)14-17/h7-11,13-15H,3-6,12,22H2,1-2H3,(H,24,25)/b23-15-. The number of nitrogens with one attached hydrogen (secondary N) is 1. The van der Waals surface area contributed by atoms with Crippen LogP contribution in [0.1, 0.15) is 49.0 Å². The molecule has 0 fully saturated rings. The largest absolute Gasteiger partial charge is 0.490 e.